The zero-order valence-electron chi connectivity index (χ0n) is 18.2. The van der Waals surface area contributed by atoms with Crippen LogP contribution in [0.15, 0.2) is 89.0 Å². The Bertz CT molecular complexity index is 1330. The van der Waals surface area contributed by atoms with Gasteiger partial charge in [0, 0.05) is 33.2 Å². The lowest BCUT2D eigenvalue weighted by molar-refractivity contribution is -0.117. The van der Waals surface area contributed by atoms with Crippen molar-refractivity contribution >= 4 is 44.7 Å². The van der Waals surface area contributed by atoms with Crippen LogP contribution < -0.4 is 10.6 Å². The normalized spacial score (nSPS) is 11.4. The van der Waals surface area contributed by atoms with Crippen molar-refractivity contribution in [3.05, 3.63) is 111 Å². The summed E-state index contributed by atoms with van der Waals surface area (Å²) in [5, 5.41) is 6.89. The number of halogens is 1. The van der Waals surface area contributed by atoms with Crippen molar-refractivity contribution < 1.29 is 9.59 Å². The van der Waals surface area contributed by atoms with Gasteiger partial charge >= 0.3 is 0 Å². The molecule has 0 unspecified atom stereocenters. The summed E-state index contributed by atoms with van der Waals surface area (Å²) in [6, 6.07) is 24.5. The van der Waals surface area contributed by atoms with Crippen molar-refractivity contribution in [2.75, 3.05) is 6.54 Å². The number of carbonyl (C=O) groups excluding carboxylic acids is 2. The van der Waals surface area contributed by atoms with Crippen LogP contribution in [0, 0.1) is 6.92 Å². The molecule has 0 saturated heterocycles. The van der Waals surface area contributed by atoms with E-state index in [1.807, 2.05) is 55.5 Å². The highest BCUT2D eigenvalue weighted by Gasteiger charge is 2.15. The van der Waals surface area contributed by atoms with Gasteiger partial charge in [-0.1, -0.05) is 64.5 Å². The molecule has 0 radical (unpaired) electrons. The van der Waals surface area contributed by atoms with Gasteiger partial charge in [-0.2, -0.15) is 0 Å². The number of amides is 2. The standard InChI is InChI=1S/C27H24BrN3O2/c1-18-22(23-12-5-6-13-24(23)30-18)14-15-29-27(33)25(17-19-8-7-11-21(28)16-19)31-26(32)20-9-3-2-4-10-20/h2-13,16-17,30H,14-15H2,1H3,(H,29,33)(H,31,32). The minimum Gasteiger partial charge on any atom is -0.358 e. The number of aromatic amines is 1. The molecule has 0 fully saturated rings. The summed E-state index contributed by atoms with van der Waals surface area (Å²) in [7, 11) is 0. The topological polar surface area (TPSA) is 74.0 Å². The predicted molar refractivity (Wildman–Crippen MR) is 136 cm³/mol. The first-order valence-corrected chi connectivity index (χ1v) is 11.5. The van der Waals surface area contributed by atoms with Crippen molar-refractivity contribution in [1.29, 1.82) is 0 Å². The Morgan fingerprint density at radius 2 is 1.73 bits per heavy atom. The van der Waals surface area contributed by atoms with E-state index >= 15 is 0 Å². The number of para-hydroxylation sites is 1. The van der Waals surface area contributed by atoms with E-state index in [0.29, 0.717) is 18.5 Å². The lowest BCUT2D eigenvalue weighted by Gasteiger charge is -2.12. The van der Waals surface area contributed by atoms with E-state index in [0.717, 1.165) is 26.6 Å². The second-order valence-corrected chi connectivity index (χ2v) is 8.63. The summed E-state index contributed by atoms with van der Waals surface area (Å²) in [6.07, 6.45) is 2.36. The van der Waals surface area contributed by atoms with Crippen LogP contribution in [0.3, 0.4) is 0 Å². The lowest BCUT2D eigenvalue weighted by atomic mass is 10.1. The summed E-state index contributed by atoms with van der Waals surface area (Å²) in [4.78, 5) is 29.2. The highest BCUT2D eigenvalue weighted by Crippen LogP contribution is 2.22. The van der Waals surface area contributed by atoms with Crippen molar-refractivity contribution in [2.24, 2.45) is 0 Å². The number of fused-ring (bicyclic) bond motifs is 1. The summed E-state index contributed by atoms with van der Waals surface area (Å²) >= 11 is 3.45. The van der Waals surface area contributed by atoms with Crippen LogP contribution in [0.2, 0.25) is 0 Å². The molecule has 0 aliphatic carbocycles. The maximum Gasteiger partial charge on any atom is 0.267 e. The maximum absolute atomic E-state index is 13.1. The number of H-pyrrole nitrogens is 1. The number of aryl methyl sites for hydroxylation is 1. The molecule has 166 valence electrons. The molecular formula is C27H24BrN3O2. The van der Waals surface area contributed by atoms with Crippen LogP contribution in [-0.2, 0) is 11.2 Å². The number of rotatable bonds is 7. The molecule has 4 rings (SSSR count). The highest BCUT2D eigenvalue weighted by atomic mass is 79.9. The quantitative estimate of drug-likeness (QED) is 0.298. The Hall–Kier alpha value is -3.64. The Balaban J connectivity index is 1.51. The number of carbonyl (C=O) groups is 2. The summed E-state index contributed by atoms with van der Waals surface area (Å²) in [6.45, 7) is 2.48. The molecule has 33 heavy (non-hydrogen) atoms. The first kappa shape index (κ1) is 22.6. The fourth-order valence-corrected chi connectivity index (χ4v) is 4.18. The van der Waals surface area contributed by atoms with Gasteiger partial charge in [-0.3, -0.25) is 9.59 Å². The van der Waals surface area contributed by atoms with Crippen LogP contribution in [-0.4, -0.2) is 23.3 Å². The second kappa shape index (κ2) is 10.3. The fourth-order valence-electron chi connectivity index (χ4n) is 3.76. The Morgan fingerprint density at radius 1 is 0.970 bits per heavy atom. The second-order valence-electron chi connectivity index (χ2n) is 7.71. The first-order chi connectivity index (χ1) is 16.0. The average Bonchev–Trinajstić information content (AvgIpc) is 3.14. The molecule has 1 aromatic heterocycles. The lowest BCUT2D eigenvalue weighted by Crippen LogP contribution is -2.35. The van der Waals surface area contributed by atoms with Gasteiger partial charge in [0.05, 0.1) is 0 Å². The number of hydrogen-bond donors (Lipinski definition) is 3. The molecule has 0 bridgehead atoms. The SMILES string of the molecule is Cc1[nH]c2ccccc2c1CCNC(=O)C(=Cc1cccc(Br)c1)NC(=O)c1ccccc1. The van der Waals surface area contributed by atoms with Crippen LogP contribution >= 0.6 is 15.9 Å². The minimum atomic E-state index is -0.336. The number of benzene rings is 3. The Labute approximate surface area is 201 Å². The smallest absolute Gasteiger partial charge is 0.267 e. The van der Waals surface area contributed by atoms with Gasteiger partial charge in [0.1, 0.15) is 5.70 Å². The van der Waals surface area contributed by atoms with Gasteiger partial charge < -0.3 is 15.6 Å². The molecule has 0 saturated carbocycles. The molecule has 3 aromatic carbocycles. The van der Waals surface area contributed by atoms with Crippen molar-refractivity contribution in [3.8, 4) is 0 Å². The third kappa shape index (κ3) is 5.59. The molecule has 3 N–H and O–H groups in total. The molecular weight excluding hydrogens is 478 g/mol. The van der Waals surface area contributed by atoms with E-state index < -0.39 is 0 Å². The average molecular weight is 502 g/mol. The zero-order chi connectivity index (χ0) is 23.2. The van der Waals surface area contributed by atoms with Crippen LogP contribution in [0.4, 0.5) is 0 Å². The molecule has 0 atom stereocenters. The highest BCUT2D eigenvalue weighted by molar-refractivity contribution is 9.10. The third-order valence-electron chi connectivity index (χ3n) is 5.38. The monoisotopic (exact) mass is 501 g/mol. The molecule has 6 heteroatoms. The predicted octanol–water partition coefficient (Wildman–Crippen LogP) is 5.37. The van der Waals surface area contributed by atoms with Crippen LogP contribution in [0.25, 0.3) is 17.0 Å². The van der Waals surface area contributed by atoms with Crippen molar-refractivity contribution in [3.63, 3.8) is 0 Å². The molecule has 4 aromatic rings. The fraction of sp³-hybridized carbons (Fsp3) is 0.111. The van der Waals surface area contributed by atoms with Crippen LogP contribution in [0.1, 0.15) is 27.2 Å². The largest absolute Gasteiger partial charge is 0.358 e. The van der Waals surface area contributed by atoms with Crippen molar-refractivity contribution in [1.82, 2.24) is 15.6 Å². The molecule has 0 aliphatic heterocycles. The third-order valence-corrected chi connectivity index (χ3v) is 5.87. The molecule has 5 nitrogen and oxygen atoms in total. The molecule has 0 spiro atoms. The van der Waals surface area contributed by atoms with Gasteiger partial charge in [-0.05, 0) is 60.9 Å². The summed E-state index contributed by atoms with van der Waals surface area (Å²) < 4.78 is 0.889. The summed E-state index contributed by atoms with van der Waals surface area (Å²) in [5.74, 6) is -0.670. The number of aromatic nitrogens is 1. The van der Waals surface area contributed by atoms with E-state index in [4.69, 9.17) is 0 Å². The van der Waals surface area contributed by atoms with Gasteiger partial charge in [0.25, 0.3) is 11.8 Å². The van der Waals surface area contributed by atoms with E-state index in [-0.39, 0.29) is 17.5 Å². The molecule has 2 amide bonds. The molecule has 0 aliphatic rings. The Kier molecular flexibility index (Phi) is 7.05. The minimum absolute atomic E-state index is 0.192. The van der Waals surface area contributed by atoms with Gasteiger partial charge in [0.15, 0.2) is 0 Å². The summed E-state index contributed by atoms with van der Waals surface area (Å²) in [5.41, 5.74) is 4.83. The number of nitrogens with one attached hydrogen (secondary N) is 3. The van der Waals surface area contributed by atoms with E-state index in [1.165, 1.54) is 5.56 Å². The van der Waals surface area contributed by atoms with Gasteiger partial charge in [-0.25, -0.2) is 0 Å². The van der Waals surface area contributed by atoms with E-state index in [1.54, 1.807) is 30.3 Å². The molecule has 1 heterocycles. The van der Waals surface area contributed by atoms with Gasteiger partial charge in [-0.15, -0.1) is 0 Å². The van der Waals surface area contributed by atoms with Crippen LogP contribution in [0.5, 0.6) is 0 Å². The van der Waals surface area contributed by atoms with Crippen molar-refractivity contribution in [2.45, 2.75) is 13.3 Å². The van der Waals surface area contributed by atoms with E-state index in [2.05, 4.69) is 37.6 Å². The maximum atomic E-state index is 13.1. The van der Waals surface area contributed by atoms with Gasteiger partial charge in [0.2, 0.25) is 0 Å². The zero-order valence-corrected chi connectivity index (χ0v) is 19.8. The number of hydrogen-bond acceptors (Lipinski definition) is 2. The first-order valence-electron chi connectivity index (χ1n) is 10.7. The Morgan fingerprint density at radius 3 is 2.52 bits per heavy atom. The van der Waals surface area contributed by atoms with E-state index in [9.17, 15) is 9.59 Å².